The molecular formula is C15H20ClN5. The first-order chi connectivity index (χ1) is 10.1. The van der Waals surface area contributed by atoms with Gasteiger partial charge in [0, 0.05) is 11.3 Å². The first-order valence-electron chi connectivity index (χ1n) is 7.45. The molecule has 3 atom stereocenters. The molecule has 3 rings (SSSR count). The van der Waals surface area contributed by atoms with E-state index in [2.05, 4.69) is 29.4 Å². The van der Waals surface area contributed by atoms with E-state index in [1.54, 1.807) is 12.1 Å². The van der Waals surface area contributed by atoms with Crippen LogP contribution >= 0.6 is 11.6 Å². The minimum absolute atomic E-state index is 0.331. The number of nitrogen functional groups attached to an aromatic ring is 1. The number of benzene rings is 1. The number of anilines is 1. The number of nitrogens with two attached hydrogens (primary N) is 1. The lowest BCUT2D eigenvalue weighted by molar-refractivity contribution is 0.310. The Kier molecular flexibility index (Phi) is 3.85. The molecule has 1 aliphatic rings. The van der Waals surface area contributed by atoms with Crippen LogP contribution < -0.4 is 5.73 Å². The molecule has 1 aromatic carbocycles. The number of hydrogen-bond donors (Lipinski definition) is 1. The molecule has 6 heteroatoms. The molecule has 3 unspecified atom stereocenters. The van der Waals surface area contributed by atoms with E-state index in [1.807, 2.05) is 10.7 Å². The van der Waals surface area contributed by atoms with Crippen molar-refractivity contribution in [3.63, 3.8) is 0 Å². The standard InChI is InChI=1S/C15H20ClN5/c1-3-10-4-7-14(9(10)2)21-15(18-19-20-21)12-8-11(17)5-6-13(12)16/h5-6,8-10,14H,3-4,7,17H2,1-2H3. The predicted octanol–water partition coefficient (Wildman–Crippen LogP) is 3.57. The van der Waals surface area contributed by atoms with Crippen molar-refractivity contribution in [2.75, 3.05) is 5.73 Å². The third-order valence-corrected chi connectivity index (χ3v) is 5.08. The molecule has 1 saturated carbocycles. The second-order valence-corrected chi connectivity index (χ2v) is 6.27. The number of nitrogens with zero attached hydrogens (tertiary/aromatic N) is 4. The number of halogens is 1. The van der Waals surface area contributed by atoms with E-state index >= 15 is 0 Å². The second kappa shape index (κ2) is 5.64. The zero-order chi connectivity index (χ0) is 15.0. The van der Waals surface area contributed by atoms with E-state index in [0.29, 0.717) is 28.5 Å². The highest BCUT2D eigenvalue weighted by atomic mass is 35.5. The second-order valence-electron chi connectivity index (χ2n) is 5.86. The summed E-state index contributed by atoms with van der Waals surface area (Å²) in [4.78, 5) is 0. The van der Waals surface area contributed by atoms with Gasteiger partial charge in [-0.15, -0.1) is 5.10 Å². The Morgan fingerprint density at radius 1 is 1.38 bits per heavy atom. The molecule has 1 aromatic heterocycles. The molecule has 112 valence electrons. The Hall–Kier alpha value is -1.62. The average Bonchev–Trinajstić information content (AvgIpc) is 3.07. The minimum atomic E-state index is 0.331. The van der Waals surface area contributed by atoms with Crippen LogP contribution in [0.4, 0.5) is 5.69 Å². The van der Waals surface area contributed by atoms with Gasteiger partial charge in [-0.1, -0.05) is 31.9 Å². The summed E-state index contributed by atoms with van der Waals surface area (Å²) >= 11 is 6.29. The quantitative estimate of drug-likeness (QED) is 0.880. The fraction of sp³-hybridized carbons (Fsp3) is 0.533. The smallest absolute Gasteiger partial charge is 0.183 e. The van der Waals surface area contributed by atoms with Crippen LogP contribution in [0.1, 0.15) is 39.2 Å². The molecule has 5 nitrogen and oxygen atoms in total. The zero-order valence-electron chi connectivity index (χ0n) is 12.3. The van der Waals surface area contributed by atoms with Crippen LogP contribution in [-0.4, -0.2) is 20.2 Å². The van der Waals surface area contributed by atoms with Crippen molar-refractivity contribution in [3.8, 4) is 11.4 Å². The van der Waals surface area contributed by atoms with Gasteiger partial charge in [0.25, 0.3) is 0 Å². The summed E-state index contributed by atoms with van der Waals surface area (Å²) in [6, 6.07) is 5.74. The van der Waals surface area contributed by atoms with Gasteiger partial charge in [-0.2, -0.15) is 0 Å². The maximum Gasteiger partial charge on any atom is 0.183 e. The van der Waals surface area contributed by atoms with E-state index < -0.39 is 0 Å². The lowest BCUT2D eigenvalue weighted by Gasteiger charge is -2.20. The summed E-state index contributed by atoms with van der Waals surface area (Å²) < 4.78 is 1.93. The van der Waals surface area contributed by atoms with Gasteiger partial charge in [0.05, 0.1) is 11.1 Å². The molecule has 0 spiro atoms. The molecule has 0 aliphatic heterocycles. The van der Waals surface area contributed by atoms with E-state index in [-0.39, 0.29) is 0 Å². The van der Waals surface area contributed by atoms with Crippen molar-refractivity contribution in [1.82, 2.24) is 20.2 Å². The summed E-state index contributed by atoms with van der Waals surface area (Å²) in [6.07, 6.45) is 3.54. The number of tetrazole rings is 1. The van der Waals surface area contributed by atoms with Crippen LogP contribution in [0, 0.1) is 11.8 Å². The first-order valence-corrected chi connectivity index (χ1v) is 7.82. The predicted molar refractivity (Wildman–Crippen MR) is 83.9 cm³/mol. The van der Waals surface area contributed by atoms with Crippen LogP contribution in [0.25, 0.3) is 11.4 Å². The van der Waals surface area contributed by atoms with Crippen LogP contribution in [0.2, 0.25) is 5.02 Å². The fourth-order valence-corrected chi connectivity index (χ4v) is 3.66. The van der Waals surface area contributed by atoms with Gasteiger partial charge in [-0.3, -0.25) is 0 Å². The molecule has 1 aliphatic carbocycles. The van der Waals surface area contributed by atoms with Gasteiger partial charge < -0.3 is 5.73 Å². The Labute approximate surface area is 129 Å². The highest BCUT2D eigenvalue weighted by Gasteiger charge is 2.35. The van der Waals surface area contributed by atoms with Crippen molar-refractivity contribution >= 4 is 17.3 Å². The van der Waals surface area contributed by atoms with Gasteiger partial charge in [0.15, 0.2) is 5.82 Å². The molecule has 0 bridgehead atoms. The molecule has 21 heavy (non-hydrogen) atoms. The van der Waals surface area contributed by atoms with E-state index in [1.165, 1.54) is 12.8 Å². The monoisotopic (exact) mass is 305 g/mol. The Morgan fingerprint density at radius 3 is 2.90 bits per heavy atom. The highest BCUT2D eigenvalue weighted by molar-refractivity contribution is 6.33. The average molecular weight is 306 g/mol. The number of rotatable bonds is 3. The SMILES string of the molecule is CCC1CCC(n2nnnc2-c2cc(N)ccc2Cl)C1C. The van der Waals surface area contributed by atoms with Gasteiger partial charge in [-0.05, 0) is 53.3 Å². The van der Waals surface area contributed by atoms with Crippen LogP contribution in [0.15, 0.2) is 18.2 Å². The molecular weight excluding hydrogens is 286 g/mol. The minimum Gasteiger partial charge on any atom is -0.399 e. The topological polar surface area (TPSA) is 69.6 Å². The van der Waals surface area contributed by atoms with Gasteiger partial charge in [0.2, 0.25) is 0 Å². The summed E-state index contributed by atoms with van der Waals surface area (Å²) in [6.45, 7) is 4.54. The third-order valence-electron chi connectivity index (χ3n) is 4.75. The molecule has 1 fully saturated rings. The summed E-state index contributed by atoms with van der Waals surface area (Å²) in [5, 5.41) is 12.9. The number of hydrogen-bond acceptors (Lipinski definition) is 4. The third kappa shape index (κ3) is 2.50. The van der Waals surface area contributed by atoms with E-state index in [9.17, 15) is 0 Å². The Morgan fingerprint density at radius 2 is 2.19 bits per heavy atom. The van der Waals surface area contributed by atoms with Crippen molar-refractivity contribution in [3.05, 3.63) is 23.2 Å². The lowest BCUT2D eigenvalue weighted by atomic mass is 9.93. The maximum atomic E-state index is 6.29. The lowest BCUT2D eigenvalue weighted by Crippen LogP contribution is -2.18. The Balaban J connectivity index is 2.00. The van der Waals surface area contributed by atoms with E-state index in [4.69, 9.17) is 17.3 Å². The van der Waals surface area contributed by atoms with Crippen molar-refractivity contribution in [1.29, 1.82) is 0 Å². The summed E-state index contributed by atoms with van der Waals surface area (Å²) in [5.41, 5.74) is 7.33. The molecule has 0 saturated heterocycles. The molecule has 2 aromatic rings. The fourth-order valence-electron chi connectivity index (χ4n) is 3.45. The summed E-state index contributed by atoms with van der Waals surface area (Å²) in [7, 11) is 0. The zero-order valence-corrected chi connectivity index (χ0v) is 13.1. The first kappa shape index (κ1) is 14.3. The highest BCUT2D eigenvalue weighted by Crippen LogP contribution is 2.43. The molecule has 0 amide bonds. The normalized spacial score (nSPS) is 25.4. The molecule has 1 heterocycles. The Bertz CT molecular complexity index is 639. The summed E-state index contributed by atoms with van der Waals surface area (Å²) in [5.74, 6) is 2.02. The molecule has 0 radical (unpaired) electrons. The van der Waals surface area contributed by atoms with E-state index in [0.717, 1.165) is 17.9 Å². The van der Waals surface area contributed by atoms with Gasteiger partial charge >= 0.3 is 0 Å². The molecule has 2 N–H and O–H groups in total. The van der Waals surface area contributed by atoms with Crippen LogP contribution in [0.5, 0.6) is 0 Å². The van der Waals surface area contributed by atoms with Gasteiger partial charge in [-0.25, -0.2) is 4.68 Å². The van der Waals surface area contributed by atoms with Crippen molar-refractivity contribution in [2.24, 2.45) is 11.8 Å². The van der Waals surface area contributed by atoms with Gasteiger partial charge in [0.1, 0.15) is 0 Å². The largest absolute Gasteiger partial charge is 0.399 e. The van der Waals surface area contributed by atoms with Crippen molar-refractivity contribution < 1.29 is 0 Å². The van der Waals surface area contributed by atoms with Crippen molar-refractivity contribution in [2.45, 2.75) is 39.2 Å². The number of aromatic nitrogens is 4. The van der Waals surface area contributed by atoms with Crippen LogP contribution in [-0.2, 0) is 0 Å². The maximum absolute atomic E-state index is 6.29. The van der Waals surface area contributed by atoms with Crippen LogP contribution in [0.3, 0.4) is 0 Å².